The Hall–Kier alpha value is -2.42. The molecule has 3 rings (SSSR count). The Morgan fingerprint density at radius 2 is 1.61 bits per heavy atom. The molecule has 3 aromatic rings. The molecule has 0 radical (unpaired) electrons. The summed E-state index contributed by atoms with van der Waals surface area (Å²) in [6.07, 6.45) is 0. The van der Waals surface area contributed by atoms with E-state index in [1.165, 1.54) is 0 Å². The Morgan fingerprint density at radius 3 is 2.39 bits per heavy atom. The molecule has 3 nitrogen and oxygen atoms in total. The van der Waals surface area contributed by atoms with Crippen molar-refractivity contribution in [3.8, 4) is 5.69 Å². The molecule has 3 heteroatoms. The predicted molar refractivity (Wildman–Crippen MR) is 72.1 cm³/mol. The molecule has 1 heterocycles. The van der Waals surface area contributed by atoms with Gasteiger partial charge in [-0.2, -0.15) is 5.10 Å². The van der Waals surface area contributed by atoms with Crippen molar-refractivity contribution in [2.24, 2.45) is 0 Å². The van der Waals surface area contributed by atoms with Gasteiger partial charge in [0.05, 0.1) is 11.4 Å². The summed E-state index contributed by atoms with van der Waals surface area (Å²) in [5.74, 6) is 0. The number of benzene rings is 1. The van der Waals surface area contributed by atoms with Gasteiger partial charge < -0.3 is 0 Å². The van der Waals surface area contributed by atoms with E-state index in [4.69, 9.17) is 0 Å². The highest BCUT2D eigenvalue weighted by molar-refractivity contribution is 5.82. The van der Waals surface area contributed by atoms with Gasteiger partial charge in [-0.15, -0.1) is 0 Å². The second kappa shape index (κ2) is 4.11. The van der Waals surface area contributed by atoms with Crippen LogP contribution in [0.15, 0.2) is 59.4 Å². The second-order valence-corrected chi connectivity index (χ2v) is 4.18. The van der Waals surface area contributed by atoms with Crippen molar-refractivity contribution < 1.29 is 0 Å². The summed E-state index contributed by atoms with van der Waals surface area (Å²) in [5.41, 5.74) is 2.38. The molecule has 2 aromatic carbocycles. The molecule has 0 aliphatic heterocycles. The lowest BCUT2D eigenvalue weighted by Crippen LogP contribution is -2.04. The molecule has 18 heavy (non-hydrogen) atoms. The Balaban J connectivity index is 2.46. The maximum Gasteiger partial charge on any atom is 0.204 e. The molecule has 0 saturated carbocycles. The number of fused-ring (bicyclic) bond motifs is 1. The monoisotopic (exact) mass is 236 g/mol. The van der Waals surface area contributed by atoms with Crippen LogP contribution in [0, 0.1) is 6.92 Å². The van der Waals surface area contributed by atoms with E-state index in [1.54, 1.807) is 16.8 Å². The molecule has 0 saturated heterocycles. The highest BCUT2D eigenvalue weighted by atomic mass is 16.1. The fourth-order valence-corrected chi connectivity index (χ4v) is 2.11. The number of nitrogens with zero attached hydrogens (tertiary/aromatic N) is 2. The summed E-state index contributed by atoms with van der Waals surface area (Å²) >= 11 is 0. The van der Waals surface area contributed by atoms with E-state index in [9.17, 15) is 4.79 Å². The van der Waals surface area contributed by atoms with Crippen LogP contribution < -0.4 is 5.43 Å². The summed E-state index contributed by atoms with van der Waals surface area (Å²) in [6, 6.07) is 16.8. The zero-order valence-electron chi connectivity index (χ0n) is 10.00. The van der Waals surface area contributed by atoms with Crippen LogP contribution in [-0.4, -0.2) is 9.78 Å². The minimum atomic E-state index is -0.0144. The van der Waals surface area contributed by atoms with Gasteiger partial charge >= 0.3 is 0 Å². The first kappa shape index (κ1) is 10.7. The van der Waals surface area contributed by atoms with E-state index < -0.39 is 0 Å². The predicted octanol–water partition coefficient (Wildman–Crippen LogP) is 2.69. The topological polar surface area (TPSA) is 34.9 Å². The molecule has 0 atom stereocenters. The third-order valence-corrected chi connectivity index (χ3v) is 2.96. The number of para-hydroxylation sites is 1. The van der Waals surface area contributed by atoms with Gasteiger partial charge in [-0.3, -0.25) is 4.79 Å². The van der Waals surface area contributed by atoms with Gasteiger partial charge in [0.15, 0.2) is 0 Å². The highest BCUT2D eigenvalue weighted by Crippen LogP contribution is 2.17. The Kier molecular flexibility index (Phi) is 2.45. The van der Waals surface area contributed by atoms with E-state index in [-0.39, 0.29) is 5.43 Å². The standard InChI is InChI=1S/C15H12N2O/c1-11-13-9-5-6-10-14(18)15(13)17(16-11)12-7-3-2-4-8-12/h2-10H,1H3. The lowest BCUT2D eigenvalue weighted by atomic mass is 10.2. The summed E-state index contributed by atoms with van der Waals surface area (Å²) < 4.78 is 1.72. The minimum Gasteiger partial charge on any atom is -0.288 e. The van der Waals surface area contributed by atoms with Gasteiger partial charge in [-0.1, -0.05) is 36.4 Å². The molecule has 0 spiro atoms. The summed E-state index contributed by atoms with van der Waals surface area (Å²) in [5, 5.41) is 5.36. The third kappa shape index (κ3) is 1.61. The van der Waals surface area contributed by atoms with Gasteiger partial charge in [0.2, 0.25) is 5.43 Å². The van der Waals surface area contributed by atoms with Crippen LogP contribution in [-0.2, 0) is 0 Å². The normalized spacial score (nSPS) is 10.7. The molecule has 0 amide bonds. The van der Waals surface area contributed by atoms with Crippen LogP contribution in [0.2, 0.25) is 0 Å². The number of hydrogen-bond donors (Lipinski definition) is 0. The minimum absolute atomic E-state index is 0.0144. The van der Waals surface area contributed by atoms with Crippen molar-refractivity contribution in [1.29, 1.82) is 0 Å². The average Bonchev–Trinajstić information content (AvgIpc) is 2.60. The van der Waals surface area contributed by atoms with Crippen LogP contribution in [0.4, 0.5) is 0 Å². The maximum atomic E-state index is 12.1. The molecule has 0 unspecified atom stereocenters. The van der Waals surface area contributed by atoms with E-state index in [0.717, 1.165) is 16.8 Å². The first-order valence-corrected chi connectivity index (χ1v) is 5.81. The van der Waals surface area contributed by atoms with Crippen LogP contribution in [0.25, 0.3) is 16.6 Å². The molecule has 88 valence electrons. The van der Waals surface area contributed by atoms with Gasteiger partial charge in [0.25, 0.3) is 0 Å². The number of rotatable bonds is 1. The SMILES string of the molecule is Cc1nn(-c2ccccc2)c2c(=O)ccccc12. The molecular formula is C15H12N2O. The fraction of sp³-hybridized carbons (Fsp3) is 0.0667. The fourth-order valence-electron chi connectivity index (χ4n) is 2.11. The quantitative estimate of drug-likeness (QED) is 0.651. The zero-order chi connectivity index (χ0) is 12.5. The van der Waals surface area contributed by atoms with Crippen LogP contribution in [0.5, 0.6) is 0 Å². The van der Waals surface area contributed by atoms with Gasteiger partial charge in [0, 0.05) is 5.39 Å². The smallest absolute Gasteiger partial charge is 0.204 e. The van der Waals surface area contributed by atoms with E-state index in [0.29, 0.717) is 5.52 Å². The summed E-state index contributed by atoms with van der Waals surface area (Å²) in [6.45, 7) is 1.92. The maximum absolute atomic E-state index is 12.1. The van der Waals surface area contributed by atoms with Gasteiger partial charge in [-0.05, 0) is 25.1 Å². The number of aryl methyl sites for hydroxylation is 1. The third-order valence-electron chi connectivity index (χ3n) is 2.96. The highest BCUT2D eigenvalue weighted by Gasteiger charge is 2.10. The van der Waals surface area contributed by atoms with Crippen LogP contribution in [0.3, 0.4) is 0 Å². The molecule has 0 N–H and O–H groups in total. The van der Waals surface area contributed by atoms with Gasteiger partial charge in [0.1, 0.15) is 5.52 Å². The molecule has 0 bridgehead atoms. The molecular weight excluding hydrogens is 224 g/mol. The summed E-state index contributed by atoms with van der Waals surface area (Å²) in [4.78, 5) is 12.1. The van der Waals surface area contributed by atoms with Crippen molar-refractivity contribution in [1.82, 2.24) is 9.78 Å². The zero-order valence-corrected chi connectivity index (χ0v) is 10.00. The first-order valence-electron chi connectivity index (χ1n) is 5.81. The van der Waals surface area contributed by atoms with Gasteiger partial charge in [-0.25, -0.2) is 4.68 Å². The van der Waals surface area contributed by atoms with Crippen molar-refractivity contribution in [2.75, 3.05) is 0 Å². The van der Waals surface area contributed by atoms with Crippen molar-refractivity contribution in [3.05, 3.63) is 70.5 Å². The Morgan fingerprint density at radius 1 is 0.944 bits per heavy atom. The largest absolute Gasteiger partial charge is 0.288 e. The van der Waals surface area contributed by atoms with Crippen LogP contribution in [0.1, 0.15) is 5.69 Å². The molecule has 0 aliphatic rings. The second-order valence-electron chi connectivity index (χ2n) is 4.18. The Labute approximate surface area is 104 Å². The molecule has 0 aliphatic carbocycles. The van der Waals surface area contributed by atoms with Crippen LogP contribution >= 0.6 is 0 Å². The lowest BCUT2D eigenvalue weighted by Gasteiger charge is -2.00. The first-order chi connectivity index (χ1) is 8.77. The number of aromatic nitrogens is 2. The van der Waals surface area contributed by atoms with E-state index in [2.05, 4.69) is 5.10 Å². The van der Waals surface area contributed by atoms with Crippen molar-refractivity contribution in [3.63, 3.8) is 0 Å². The molecule has 1 aromatic heterocycles. The van der Waals surface area contributed by atoms with Crippen molar-refractivity contribution in [2.45, 2.75) is 6.92 Å². The lowest BCUT2D eigenvalue weighted by molar-refractivity contribution is 0.886. The van der Waals surface area contributed by atoms with E-state index in [1.807, 2.05) is 49.4 Å². The van der Waals surface area contributed by atoms with E-state index >= 15 is 0 Å². The average molecular weight is 236 g/mol. The summed E-state index contributed by atoms with van der Waals surface area (Å²) in [7, 11) is 0. The Bertz CT molecular complexity index is 760. The van der Waals surface area contributed by atoms with Crippen molar-refractivity contribution >= 4 is 10.9 Å². The number of hydrogen-bond acceptors (Lipinski definition) is 2. The molecule has 0 fully saturated rings.